The summed E-state index contributed by atoms with van der Waals surface area (Å²) in [4.78, 5) is 11.9. The van der Waals surface area contributed by atoms with Crippen LogP contribution in [0.25, 0.3) is 0 Å². The first kappa shape index (κ1) is 16.9. The first-order valence-corrected chi connectivity index (χ1v) is 7.05. The van der Waals surface area contributed by atoms with E-state index in [-0.39, 0.29) is 12.4 Å². The van der Waals surface area contributed by atoms with Gasteiger partial charge in [0, 0.05) is 18.4 Å². The number of anilines is 1. The van der Waals surface area contributed by atoms with Crippen LogP contribution in [-0.4, -0.2) is 19.7 Å². The standard InChI is InChI=1S/C17H18F2N2O2/c1-17(23-2,14-5-3-4-6-15(14)19)11-20-16(22)21-13-9-7-12(18)8-10-13/h3-10H,11H2,1-2H3,(H2,20,21,22). The van der Waals surface area contributed by atoms with Gasteiger partial charge in [0.2, 0.25) is 0 Å². The van der Waals surface area contributed by atoms with Crippen LogP contribution in [0.1, 0.15) is 12.5 Å². The number of rotatable bonds is 5. The molecule has 0 aliphatic heterocycles. The molecule has 0 radical (unpaired) electrons. The number of halogens is 2. The average Bonchev–Trinajstić information content (AvgIpc) is 2.55. The van der Waals surface area contributed by atoms with Crippen molar-refractivity contribution in [3.63, 3.8) is 0 Å². The van der Waals surface area contributed by atoms with Gasteiger partial charge < -0.3 is 15.4 Å². The molecule has 2 N–H and O–H groups in total. The van der Waals surface area contributed by atoms with Crippen molar-refractivity contribution >= 4 is 11.7 Å². The molecule has 2 aromatic rings. The van der Waals surface area contributed by atoms with E-state index in [0.717, 1.165) is 0 Å². The molecule has 122 valence electrons. The molecule has 0 aliphatic carbocycles. The van der Waals surface area contributed by atoms with Crippen LogP contribution in [-0.2, 0) is 10.3 Å². The lowest BCUT2D eigenvalue weighted by Gasteiger charge is -2.29. The number of carbonyl (C=O) groups is 1. The van der Waals surface area contributed by atoms with Crippen LogP contribution in [0.15, 0.2) is 48.5 Å². The van der Waals surface area contributed by atoms with E-state index >= 15 is 0 Å². The Morgan fingerprint density at radius 2 is 1.78 bits per heavy atom. The average molecular weight is 320 g/mol. The maximum atomic E-state index is 13.9. The van der Waals surface area contributed by atoms with Crippen LogP contribution in [0.4, 0.5) is 19.3 Å². The molecule has 2 rings (SSSR count). The summed E-state index contributed by atoms with van der Waals surface area (Å²) >= 11 is 0. The number of carbonyl (C=O) groups excluding carboxylic acids is 1. The molecule has 0 fully saturated rings. The third kappa shape index (κ3) is 4.26. The third-order valence-electron chi connectivity index (χ3n) is 3.58. The summed E-state index contributed by atoms with van der Waals surface area (Å²) in [5.41, 5.74) is -0.204. The van der Waals surface area contributed by atoms with Gasteiger partial charge in [-0.3, -0.25) is 0 Å². The molecular formula is C17H18F2N2O2. The Morgan fingerprint density at radius 1 is 1.13 bits per heavy atom. The lowest BCUT2D eigenvalue weighted by molar-refractivity contribution is 0.00235. The minimum Gasteiger partial charge on any atom is -0.372 e. The predicted octanol–water partition coefficient (Wildman–Crippen LogP) is 3.65. The number of benzene rings is 2. The number of hydrogen-bond acceptors (Lipinski definition) is 2. The molecule has 0 spiro atoms. The highest BCUT2D eigenvalue weighted by Crippen LogP contribution is 2.26. The summed E-state index contributed by atoms with van der Waals surface area (Å²) in [6.45, 7) is 1.75. The van der Waals surface area contributed by atoms with Crippen molar-refractivity contribution in [1.82, 2.24) is 5.32 Å². The van der Waals surface area contributed by atoms with Crippen molar-refractivity contribution in [2.45, 2.75) is 12.5 Å². The van der Waals surface area contributed by atoms with Crippen molar-refractivity contribution in [3.05, 3.63) is 65.7 Å². The Balaban J connectivity index is 2.01. The molecule has 0 saturated heterocycles. The van der Waals surface area contributed by atoms with E-state index < -0.39 is 17.4 Å². The van der Waals surface area contributed by atoms with Gasteiger partial charge in [0.25, 0.3) is 0 Å². The number of nitrogens with one attached hydrogen (secondary N) is 2. The summed E-state index contributed by atoms with van der Waals surface area (Å²) in [5, 5.41) is 5.19. The van der Waals surface area contributed by atoms with Gasteiger partial charge in [-0.2, -0.15) is 0 Å². The van der Waals surface area contributed by atoms with Crippen LogP contribution >= 0.6 is 0 Å². The summed E-state index contributed by atoms with van der Waals surface area (Å²) < 4.78 is 32.1. The largest absolute Gasteiger partial charge is 0.372 e. The van der Waals surface area contributed by atoms with E-state index in [1.54, 1.807) is 25.1 Å². The Morgan fingerprint density at radius 3 is 2.39 bits per heavy atom. The zero-order valence-electron chi connectivity index (χ0n) is 12.9. The van der Waals surface area contributed by atoms with E-state index in [2.05, 4.69) is 10.6 Å². The molecule has 0 bridgehead atoms. The van der Waals surface area contributed by atoms with E-state index in [9.17, 15) is 13.6 Å². The normalized spacial score (nSPS) is 13.2. The number of urea groups is 1. The van der Waals surface area contributed by atoms with Crippen LogP contribution in [0.5, 0.6) is 0 Å². The monoisotopic (exact) mass is 320 g/mol. The highest BCUT2D eigenvalue weighted by Gasteiger charge is 2.29. The zero-order valence-corrected chi connectivity index (χ0v) is 12.9. The second kappa shape index (κ2) is 7.19. The van der Waals surface area contributed by atoms with Crippen molar-refractivity contribution in [2.24, 2.45) is 0 Å². The minimum absolute atomic E-state index is 0.0669. The number of hydrogen-bond donors (Lipinski definition) is 2. The Labute approximate surface area is 133 Å². The van der Waals surface area contributed by atoms with Gasteiger partial charge in [-0.25, -0.2) is 13.6 Å². The Kier molecular flexibility index (Phi) is 5.28. The van der Waals surface area contributed by atoms with E-state index in [1.165, 1.54) is 37.4 Å². The summed E-state index contributed by atoms with van der Waals surface area (Å²) in [7, 11) is 1.45. The molecular weight excluding hydrogens is 302 g/mol. The quantitative estimate of drug-likeness (QED) is 0.883. The highest BCUT2D eigenvalue weighted by atomic mass is 19.1. The van der Waals surface area contributed by atoms with Crippen molar-refractivity contribution < 1.29 is 18.3 Å². The highest BCUT2D eigenvalue weighted by molar-refractivity contribution is 5.89. The lowest BCUT2D eigenvalue weighted by Crippen LogP contribution is -2.42. The summed E-state index contributed by atoms with van der Waals surface area (Å²) in [6, 6.07) is 11.1. The molecule has 0 aliphatic rings. The van der Waals surface area contributed by atoms with Crippen LogP contribution < -0.4 is 10.6 Å². The first-order valence-electron chi connectivity index (χ1n) is 7.05. The van der Waals surface area contributed by atoms with Crippen LogP contribution in [0.2, 0.25) is 0 Å². The minimum atomic E-state index is -1.01. The molecule has 0 saturated carbocycles. The molecule has 23 heavy (non-hydrogen) atoms. The molecule has 0 heterocycles. The van der Waals surface area contributed by atoms with E-state index in [1.807, 2.05) is 0 Å². The predicted molar refractivity (Wildman–Crippen MR) is 84.2 cm³/mol. The van der Waals surface area contributed by atoms with Crippen LogP contribution in [0.3, 0.4) is 0 Å². The SMILES string of the molecule is COC(C)(CNC(=O)Nc1ccc(F)cc1)c1ccccc1F. The molecule has 4 nitrogen and oxygen atoms in total. The zero-order chi connectivity index (χ0) is 16.9. The van der Waals surface area contributed by atoms with Crippen LogP contribution in [0, 0.1) is 11.6 Å². The third-order valence-corrected chi connectivity index (χ3v) is 3.58. The Bertz CT molecular complexity index is 677. The van der Waals surface area contributed by atoms with Gasteiger partial charge in [-0.1, -0.05) is 18.2 Å². The van der Waals surface area contributed by atoms with E-state index in [4.69, 9.17) is 4.74 Å². The van der Waals surface area contributed by atoms with Gasteiger partial charge in [-0.05, 0) is 37.3 Å². The maximum absolute atomic E-state index is 13.9. The van der Waals surface area contributed by atoms with Gasteiger partial charge in [0.05, 0.1) is 6.54 Å². The molecule has 0 aromatic heterocycles. The molecule has 2 aromatic carbocycles. The first-order chi connectivity index (χ1) is 10.9. The second-order valence-corrected chi connectivity index (χ2v) is 5.23. The number of amides is 2. The van der Waals surface area contributed by atoms with E-state index in [0.29, 0.717) is 11.3 Å². The summed E-state index contributed by atoms with van der Waals surface area (Å²) in [6.07, 6.45) is 0. The molecule has 2 amide bonds. The Hall–Kier alpha value is -2.47. The fourth-order valence-electron chi connectivity index (χ4n) is 2.12. The van der Waals surface area contributed by atoms with Crippen molar-refractivity contribution in [3.8, 4) is 0 Å². The number of methoxy groups -OCH3 is 1. The molecule has 1 atom stereocenters. The summed E-state index contributed by atoms with van der Waals surface area (Å²) in [5.74, 6) is -0.792. The fraction of sp³-hybridized carbons (Fsp3) is 0.235. The molecule has 1 unspecified atom stereocenters. The number of ether oxygens (including phenoxy) is 1. The fourth-order valence-corrected chi connectivity index (χ4v) is 2.12. The molecule has 6 heteroatoms. The van der Waals surface area contributed by atoms with Crippen molar-refractivity contribution in [2.75, 3.05) is 19.0 Å². The van der Waals surface area contributed by atoms with Crippen molar-refractivity contribution in [1.29, 1.82) is 0 Å². The second-order valence-electron chi connectivity index (χ2n) is 5.23. The maximum Gasteiger partial charge on any atom is 0.319 e. The lowest BCUT2D eigenvalue weighted by atomic mass is 9.95. The van der Waals surface area contributed by atoms with Gasteiger partial charge in [-0.15, -0.1) is 0 Å². The van der Waals surface area contributed by atoms with Gasteiger partial charge >= 0.3 is 6.03 Å². The van der Waals surface area contributed by atoms with Gasteiger partial charge in [0.1, 0.15) is 17.2 Å². The topological polar surface area (TPSA) is 50.4 Å². The smallest absolute Gasteiger partial charge is 0.319 e. The van der Waals surface area contributed by atoms with Gasteiger partial charge in [0.15, 0.2) is 0 Å².